The molecule has 0 aromatic heterocycles. The fourth-order valence-electron chi connectivity index (χ4n) is 2.77. The molecule has 0 N–H and O–H groups in total. The first kappa shape index (κ1) is 7.53. The van der Waals surface area contributed by atoms with Crippen molar-refractivity contribution in [2.75, 3.05) is 13.1 Å². The summed E-state index contributed by atoms with van der Waals surface area (Å²) in [6.45, 7) is 4.03. The Balaban J connectivity index is 2.15. The van der Waals surface area contributed by atoms with E-state index in [-0.39, 0.29) is 5.54 Å². The molecule has 2 rings (SSSR count). The number of hydrogen-bond acceptors (Lipinski definition) is 1. The second-order valence-corrected chi connectivity index (χ2v) is 3.93. The quantitative estimate of drug-likeness (QED) is 0.562. The van der Waals surface area contributed by atoms with Crippen molar-refractivity contribution in [1.29, 1.82) is 0 Å². The highest BCUT2D eigenvalue weighted by Crippen LogP contribution is 2.41. The van der Waals surface area contributed by atoms with Crippen LogP contribution in [0.15, 0.2) is 0 Å². The Kier molecular flexibility index (Phi) is 1.67. The minimum atomic E-state index is -0.546. The van der Waals surface area contributed by atoms with Crippen LogP contribution in [0.5, 0.6) is 0 Å². The van der Waals surface area contributed by atoms with Gasteiger partial charge in [0, 0.05) is 12.1 Å². The average Bonchev–Trinajstić information content (AvgIpc) is 2.43. The third-order valence-corrected chi connectivity index (χ3v) is 3.42. The monoisotopic (exact) mass is 157 g/mol. The summed E-state index contributed by atoms with van der Waals surface area (Å²) in [5, 5.41) is 0. The van der Waals surface area contributed by atoms with Gasteiger partial charge in [0.2, 0.25) is 0 Å². The third-order valence-electron chi connectivity index (χ3n) is 3.42. The second-order valence-electron chi connectivity index (χ2n) is 3.93. The van der Waals surface area contributed by atoms with Crippen LogP contribution in [0.2, 0.25) is 0 Å². The maximum absolute atomic E-state index is 13.0. The Morgan fingerprint density at radius 2 is 2.45 bits per heavy atom. The molecule has 11 heavy (non-hydrogen) atoms. The summed E-state index contributed by atoms with van der Waals surface area (Å²) in [6, 6.07) is 0. The van der Waals surface area contributed by atoms with Crippen molar-refractivity contribution in [2.45, 2.75) is 44.3 Å². The van der Waals surface area contributed by atoms with Gasteiger partial charge in [-0.3, -0.25) is 4.90 Å². The Hall–Kier alpha value is -0.110. The number of nitrogens with zero attached hydrogens (tertiary/aromatic N) is 1. The molecule has 2 unspecified atom stereocenters. The van der Waals surface area contributed by atoms with E-state index >= 15 is 0 Å². The SMILES string of the molecule is CCC12CCCN1CC(F)C2. The van der Waals surface area contributed by atoms with Gasteiger partial charge in [0.05, 0.1) is 0 Å². The second kappa shape index (κ2) is 2.44. The lowest BCUT2D eigenvalue weighted by atomic mass is 9.91. The van der Waals surface area contributed by atoms with E-state index in [1.807, 2.05) is 0 Å². The van der Waals surface area contributed by atoms with Gasteiger partial charge in [-0.25, -0.2) is 4.39 Å². The molecular formula is C9H16FN. The lowest BCUT2D eigenvalue weighted by molar-refractivity contribution is 0.189. The van der Waals surface area contributed by atoms with E-state index in [9.17, 15) is 4.39 Å². The third kappa shape index (κ3) is 0.994. The van der Waals surface area contributed by atoms with Crippen molar-refractivity contribution in [2.24, 2.45) is 0 Å². The largest absolute Gasteiger partial charge is 0.295 e. The molecule has 2 heteroatoms. The maximum Gasteiger partial charge on any atom is 0.115 e. The first-order chi connectivity index (χ1) is 5.27. The van der Waals surface area contributed by atoms with Gasteiger partial charge in [0.1, 0.15) is 6.17 Å². The van der Waals surface area contributed by atoms with Gasteiger partial charge in [-0.15, -0.1) is 0 Å². The van der Waals surface area contributed by atoms with Crippen molar-refractivity contribution < 1.29 is 4.39 Å². The van der Waals surface area contributed by atoms with Gasteiger partial charge < -0.3 is 0 Å². The number of hydrogen-bond donors (Lipinski definition) is 0. The zero-order valence-electron chi connectivity index (χ0n) is 7.15. The Morgan fingerprint density at radius 3 is 3.09 bits per heavy atom. The summed E-state index contributed by atoms with van der Waals surface area (Å²) in [5.74, 6) is 0. The molecule has 0 spiro atoms. The predicted octanol–water partition coefficient (Wildman–Crippen LogP) is 1.97. The van der Waals surface area contributed by atoms with E-state index in [0.29, 0.717) is 6.54 Å². The van der Waals surface area contributed by atoms with Gasteiger partial charge in [0.15, 0.2) is 0 Å². The van der Waals surface area contributed by atoms with Crippen molar-refractivity contribution in [3.05, 3.63) is 0 Å². The molecule has 0 saturated carbocycles. The fourth-order valence-corrected chi connectivity index (χ4v) is 2.77. The van der Waals surface area contributed by atoms with Crippen LogP contribution in [0.25, 0.3) is 0 Å². The minimum absolute atomic E-state index is 0.277. The Morgan fingerprint density at radius 1 is 1.64 bits per heavy atom. The highest BCUT2D eigenvalue weighted by atomic mass is 19.1. The van der Waals surface area contributed by atoms with Crippen molar-refractivity contribution >= 4 is 0 Å². The Labute approximate surface area is 67.6 Å². The van der Waals surface area contributed by atoms with Gasteiger partial charge >= 0.3 is 0 Å². The molecule has 2 fully saturated rings. The van der Waals surface area contributed by atoms with Gasteiger partial charge in [-0.05, 0) is 32.2 Å². The number of fused-ring (bicyclic) bond motifs is 1. The number of alkyl halides is 1. The molecule has 2 aliphatic rings. The van der Waals surface area contributed by atoms with E-state index < -0.39 is 6.17 Å². The van der Waals surface area contributed by atoms with Crippen LogP contribution in [0.1, 0.15) is 32.6 Å². The molecule has 2 atom stereocenters. The van der Waals surface area contributed by atoms with Gasteiger partial charge in [-0.2, -0.15) is 0 Å². The maximum atomic E-state index is 13.0. The van der Waals surface area contributed by atoms with E-state index in [1.54, 1.807) is 0 Å². The zero-order valence-corrected chi connectivity index (χ0v) is 7.15. The van der Waals surface area contributed by atoms with Crippen LogP contribution in [0.4, 0.5) is 4.39 Å². The molecule has 2 aliphatic heterocycles. The molecular weight excluding hydrogens is 141 g/mol. The van der Waals surface area contributed by atoms with Crippen LogP contribution >= 0.6 is 0 Å². The summed E-state index contributed by atoms with van der Waals surface area (Å²) in [5.41, 5.74) is 0.277. The lowest BCUT2D eigenvalue weighted by Gasteiger charge is -2.29. The summed E-state index contributed by atoms with van der Waals surface area (Å²) < 4.78 is 13.0. The zero-order chi connectivity index (χ0) is 7.90. The van der Waals surface area contributed by atoms with Crippen LogP contribution in [0, 0.1) is 0 Å². The normalized spacial score (nSPS) is 44.7. The highest BCUT2D eigenvalue weighted by Gasteiger charge is 2.46. The molecule has 0 amide bonds. The molecule has 0 aromatic rings. The summed E-state index contributed by atoms with van der Waals surface area (Å²) in [6.07, 6.45) is 3.89. The highest BCUT2D eigenvalue weighted by molar-refractivity contribution is 5.02. The minimum Gasteiger partial charge on any atom is -0.295 e. The topological polar surface area (TPSA) is 3.24 Å². The first-order valence-electron chi connectivity index (χ1n) is 4.66. The summed E-state index contributed by atoms with van der Waals surface area (Å²) >= 11 is 0. The smallest absolute Gasteiger partial charge is 0.115 e. The van der Waals surface area contributed by atoms with Crippen molar-refractivity contribution in [3.63, 3.8) is 0 Å². The van der Waals surface area contributed by atoms with Crippen LogP contribution in [-0.4, -0.2) is 29.7 Å². The van der Waals surface area contributed by atoms with Crippen LogP contribution < -0.4 is 0 Å². The summed E-state index contributed by atoms with van der Waals surface area (Å²) in [7, 11) is 0. The van der Waals surface area contributed by atoms with E-state index in [4.69, 9.17) is 0 Å². The van der Waals surface area contributed by atoms with Gasteiger partial charge in [-0.1, -0.05) is 6.92 Å². The van der Waals surface area contributed by atoms with Gasteiger partial charge in [0.25, 0.3) is 0 Å². The number of halogens is 1. The average molecular weight is 157 g/mol. The number of rotatable bonds is 1. The van der Waals surface area contributed by atoms with E-state index in [2.05, 4.69) is 11.8 Å². The lowest BCUT2D eigenvalue weighted by Crippen LogP contribution is -2.37. The predicted molar refractivity (Wildman–Crippen MR) is 43.3 cm³/mol. The van der Waals surface area contributed by atoms with Crippen LogP contribution in [0.3, 0.4) is 0 Å². The Bertz CT molecular complexity index is 160. The molecule has 0 aromatic carbocycles. The fraction of sp³-hybridized carbons (Fsp3) is 1.00. The molecule has 2 heterocycles. The van der Waals surface area contributed by atoms with Crippen molar-refractivity contribution in [1.82, 2.24) is 4.90 Å². The van der Waals surface area contributed by atoms with E-state index in [0.717, 1.165) is 19.4 Å². The standard InChI is InChI=1S/C9H16FN/c1-2-9-4-3-5-11(9)7-8(10)6-9/h8H,2-7H2,1H3. The van der Waals surface area contributed by atoms with E-state index in [1.165, 1.54) is 12.8 Å². The molecule has 2 saturated heterocycles. The molecule has 0 bridgehead atoms. The summed E-state index contributed by atoms with van der Waals surface area (Å²) in [4.78, 5) is 2.36. The first-order valence-corrected chi connectivity index (χ1v) is 4.66. The molecule has 1 nitrogen and oxygen atoms in total. The van der Waals surface area contributed by atoms with Crippen molar-refractivity contribution in [3.8, 4) is 0 Å². The molecule has 0 aliphatic carbocycles. The molecule has 64 valence electrons. The molecule has 0 radical (unpaired) electrons. The van der Waals surface area contributed by atoms with Crippen LogP contribution in [-0.2, 0) is 0 Å².